The van der Waals surface area contributed by atoms with E-state index in [2.05, 4.69) is 136 Å². The molecule has 44 heavy (non-hydrogen) atoms. The van der Waals surface area contributed by atoms with Crippen LogP contribution in [0.25, 0.3) is 50.0 Å². The molecule has 3 unspecified atom stereocenters. The van der Waals surface area contributed by atoms with Crippen molar-refractivity contribution in [1.82, 2.24) is 0 Å². The number of fused-ring (bicyclic) bond motifs is 19. The maximum absolute atomic E-state index is 7.13. The number of nitrogens with zero attached hydrogens (tertiary/aromatic N) is 2. The zero-order valence-corrected chi connectivity index (χ0v) is 26.2. The van der Waals surface area contributed by atoms with Gasteiger partial charge in [-0.25, -0.2) is 0 Å². The van der Waals surface area contributed by atoms with Crippen molar-refractivity contribution >= 4 is 27.5 Å². The number of rotatable bonds is 0. The molecule has 4 aliphatic rings. The van der Waals surface area contributed by atoms with Crippen LogP contribution in [0, 0.1) is 6.92 Å². The van der Waals surface area contributed by atoms with Gasteiger partial charge in [-0.05, 0) is 73.1 Å². The smallest absolute Gasteiger partial charge is 0.269 e. The Hall–Kier alpha value is -4.50. The van der Waals surface area contributed by atoms with E-state index >= 15 is 0 Å². The standard InChI is InChI=1S/C41H36N2O/c1-22-19-25-14-15-28-29-16-17-30-35(38(29)44-37(28)34(25)24(22)3)33-20-31(40(4,5)6)23(2)21-43(33)41(30)36-27-12-8-7-11-26(27)32-13-9-10-18-42(32)39(36)41/h7-18,20-21,36,39H,19H2,1-6H3/q+2. The van der Waals surface area contributed by atoms with Crippen molar-refractivity contribution in [3.8, 4) is 22.5 Å². The number of aryl methyl sites for hydroxylation is 1. The van der Waals surface area contributed by atoms with E-state index in [-0.39, 0.29) is 17.0 Å². The summed E-state index contributed by atoms with van der Waals surface area (Å²) in [5.41, 5.74) is 18.2. The number of hydrogen-bond acceptors (Lipinski definition) is 1. The van der Waals surface area contributed by atoms with Gasteiger partial charge < -0.3 is 4.42 Å². The molecule has 0 saturated heterocycles. The van der Waals surface area contributed by atoms with E-state index in [0.717, 1.165) is 17.6 Å². The summed E-state index contributed by atoms with van der Waals surface area (Å²) in [4.78, 5) is 0. The number of aromatic nitrogens is 2. The highest BCUT2D eigenvalue weighted by atomic mass is 16.3. The third kappa shape index (κ3) is 2.72. The quantitative estimate of drug-likeness (QED) is 0.167. The molecule has 0 N–H and O–H groups in total. The van der Waals surface area contributed by atoms with Crippen molar-refractivity contribution in [3.05, 3.63) is 124 Å². The van der Waals surface area contributed by atoms with Crippen molar-refractivity contribution in [1.29, 1.82) is 0 Å². The van der Waals surface area contributed by atoms with Crippen molar-refractivity contribution in [2.24, 2.45) is 0 Å². The molecule has 3 nitrogen and oxygen atoms in total. The van der Waals surface area contributed by atoms with Crippen LogP contribution >= 0.6 is 0 Å². The summed E-state index contributed by atoms with van der Waals surface area (Å²) in [6.45, 7) is 13.8. The van der Waals surface area contributed by atoms with Gasteiger partial charge in [-0.1, -0.05) is 62.7 Å². The molecule has 2 aliphatic carbocycles. The molecule has 0 radical (unpaired) electrons. The number of furan rings is 1. The topological polar surface area (TPSA) is 20.9 Å². The summed E-state index contributed by atoms with van der Waals surface area (Å²) in [5.74, 6) is 0.336. The Morgan fingerprint density at radius 1 is 0.818 bits per heavy atom. The lowest BCUT2D eigenvalue weighted by atomic mass is 9.84. The van der Waals surface area contributed by atoms with Gasteiger partial charge in [-0.2, -0.15) is 9.13 Å². The SMILES string of the molecule is CC1=C(C)c2c(ccc3c2oc2c4c(ccc23)C2(C3c5ccccc5-c5cccc[n+]5C32)[n+]2cc(C)c(C(C)(C)C)cc2-4)C1. The predicted octanol–water partition coefficient (Wildman–Crippen LogP) is 8.86. The minimum Gasteiger partial charge on any atom is -0.454 e. The lowest BCUT2D eigenvalue weighted by Crippen LogP contribution is -2.51. The van der Waals surface area contributed by atoms with E-state index in [1.54, 1.807) is 0 Å². The fourth-order valence-corrected chi connectivity index (χ4v) is 9.50. The van der Waals surface area contributed by atoms with Crippen LogP contribution in [0.5, 0.6) is 0 Å². The molecule has 0 bridgehead atoms. The molecule has 2 aliphatic heterocycles. The van der Waals surface area contributed by atoms with Gasteiger partial charge in [0.1, 0.15) is 17.1 Å². The minimum absolute atomic E-state index is 0.0296. The number of hydrogen-bond donors (Lipinski definition) is 0. The molecule has 1 spiro atoms. The van der Waals surface area contributed by atoms with Gasteiger partial charge in [-0.3, -0.25) is 0 Å². The van der Waals surface area contributed by atoms with Crippen LogP contribution in [0.3, 0.4) is 0 Å². The van der Waals surface area contributed by atoms with Gasteiger partial charge in [0.15, 0.2) is 12.4 Å². The molecule has 3 aromatic carbocycles. The molecule has 3 heteroatoms. The van der Waals surface area contributed by atoms with Gasteiger partial charge in [0, 0.05) is 45.7 Å². The fourth-order valence-electron chi connectivity index (χ4n) is 9.50. The highest BCUT2D eigenvalue weighted by molar-refractivity contribution is 6.13. The average Bonchev–Trinajstić information content (AvgIpc) is 3.27. The fraction of sp³-hybridized carbons (Fsp3) is 0.268. The second-order valence-electron chi connectivity index (χ2n) is 14.7. The molecule has 10 rings (SSSR count). The first kappa shape index (κ1) is 24.9. The zero-order chi connectivity index (χ0) is 29.9. The Bertz CT molecular complexity index is 2290. The van der Waals surface area contributed by atoms with Gasteiger partial charge in [0.05, 0.1) is 11.1 Å². The molecule has 1 saturated carbocycles. The summed E-state index contributed by atoms with van der Waals surface area (Å²) < 4.78 is 12.3. The molecule has 214 valence electrons. The number of pyridine rings is 2. The monoisotopic (exact) mass is 572 g/mol. The summed E-state index contributed by atoms with van der Waals surface area (Å²) in [7, 11) is 0. The first-order valence-corrected chi connectivity index (χ1v) is 16.1. The molecule has 1 fully saturated rings. The van der Waals surface area contributed by atoms with Crippen molar-refractivity contribution < 1.29 is 13.6 Å². The third-order valence-corrected chi connectivity index (χ3v) is 11.4. The van der Waals surface area contributed by atoms with Gasteiger partial charge in [0.25, 0.3) is 5.54 Å². The molecule has 5 heterocycles. The van der Waals surface area contributed by atoms with E-state index in [9.17, 15) is 0 Å². The van der Waals surface area contributed by atoms with Crippen LogP contribution in [0.4, 0.5) is 0 Å². The lowest BCUT2D eigenvalue weighted by molar-refractivity contribution is -0.772. The molecule has 3 aromatic heterocycles. The third-order valence-electron chi connectivity index (χ3n) is 11.4. The second-order valence-corrected chi connectivity index (χ2v) is 14.7. The van der Waals surface area contributed by atoms with E-state index in [0.29, 0.717) is 5.92 Å². The summed E-state index contributed by atoms with van der Waals surface area (Å²) in [6, 6.07) is 27.9. The van der Waals surface area contributed by atoms with Crippen LogP contribution in [0.15, 0.2) is 95.2 Å². The van der Waals surface area contributed by atoms with Crippen LogP contribution in [0.2, 0.25) is 0 Å². The summed E-state index contributed by atoms with van der Waals surface area (Å²) >= 11 is 0. The maximum atomic E-state index is 7.13. The first-order chi connectivity index (χ1) is 21.2. The molecular formula is C41H36N2O+2. The highest BCUT2D eigenvalue weighted by Gasteiger charge is 2.86. The molecular weight excluding hydrogens is 536 g/mol. The van der Waals surface area contributed by atoms with Gasteiger partial charge in [-0.15, -0.1) is 0 Å². The largest absolute Gasteiger partial charge is 0.454 e. The number of allylic oxidation sites excluding steroid dienone is 2. The molecule has 6 aromatic rings. The van der Waals surface area contributed by atoms with E-state index in [1.807, 2.05) is 0 Å². The van der Waals surface area contributed by atoms with Crippen molar-refractivity contribution in [2.75, 3.05) is 0 Å². The van der Waals surface area contributed by atoms with Crippen LogP contribution < -0.4 is 9.13 Å². The average molecular weight is 573 g/mol. The zero-order valence-electron chi connectivity index (χ0n) is 26.2. The normalized spacial score (nSPS) is 22.2. The highest BCUT2D eigenvalue weighted by Crippen LogP contribution is 2.71. The Morgan fingerprint density at radius 3 is 2.39 bits per heavy atom. The molecule has 0 amide bonds. The maximum Gasteiger partial charge on any atom is 0.269 e. The first-order valence-electron chi connectivity index (χ1n) is 16.1. The molecule has 3 atom stereocenters. The van der Waals surface area contributed by atoms with Gasteiger partial charge >= 0.3 is 0 Å². The summed E-state index contributed by atoms with van der Waals surface area (Å²) in [6.07, 6.45) is 5.77. The summed E-state index contributed by atoms with van der Waals surface area (Å²) in [5, 5.41) is 2.45. The van der Waals surface area contributed by atoms with E-state index in [4.69, 9.17) is 4.42 Å². The van der Waals surface area contributed by atoms with Crippen LogP contribution in [0.1, 0.15) is 80.0 Å². The van der Waals surface area contributed by atoms with Crippen molar-refractivity contribution in [2.45, 2.75) is 70.9 Å². The van der Waals surface area contributed by atoms with E-state index in [1.165, 1.54) is 77.8 Å². The second kappa shape index (κ2) is 7.77. The van der Waals surface area contributed by atoms with Gasteiger partial charge in [0.2, 0.25) is 17.4 Å². The Labute approximate surface area is 258 Å². The predicted molar refractivity (Wildman–Crippen MR) is 176 cm³/mol. The number of benzene rings is 3. The van der Waals surface area contributed by atoms with Crippen molar-refractivity contribution in [3.63, 3.8) is 0 Å². The lowest BCUT2D eigenvalue weighted by Gasteiger charge is -2.21. The van der Waals surface area contributed by atoms with Crippen LogP contribution in [-0.2, 0) is 17.4 Å². The van der Waals surface area contributed by atoms with E-state index < -0.39 is 0 Å². The Balaban J connectivity index is 1.35. The van der Waals surface area contributed by atoms with Crippen LogP contribution in [-0.4, -0.2) is 0 Å². The Morgan fingerprint density at radius 2 is 1.57 bits per heavy atom. The minimum atomic E-state index is -0.221. The Kier molecular flexibility index (Phi) is 4.39.